The zero-order valence-corrected chi connectivity index (χ0v) is 12.5. The third kappa shape index (κ3) is 3.10. The van der Waals surface area contributed by atoms with E-state index in [9.17, 15) is 13.5 Å². The molecule has 1 N–H and O–H groups in total. The van der Waals surface area contributed by atoms with Crippen LogP contribution in [0.25, 0.3) is 0 Å². The van der Waals surface area contributed by atoms with Gasteiger partial charge in [-0.15, -0.1) is 11.3 Å². The molecule has 1 aromatic rings. The van der Waals surface area contributed by atoms with E-state index in [2.05, 4.69) is 15.9 Å². The highest BCUT2D eigenvalue weighted by Gasteiger charge is 2.34. The summed E-state index contributed by atoms with van der Waals surface area (Å²) in [6.07, 6.45) is 1.85. The van der Waals surface area contributed by atoms with Crippen molar-refractivity contribution in [1.82, 2.24) is 0 Å². The van der Waals surface area contributed by atoms with Gasteiger partial charge in [-0.05, 0) is 40.2 Å². The van der Waals surface area contributed by atoms with Gasteiger partial charge in [0.25, 0.3) is 0 Å². The Morgan fingerprint density at radius 2 is 2.29 bits per heavy atom. The maximum atomic E-state index is 11.9. The normalized spacial score (nSPS) is 25.6. The Kier molecular flexibility index (Phi) is 4.28. The van der Waals surface area contributed by atoms with E-state index in [0.717, 1.165) is 22.2 Å². The highest BCUT2D eigenvalue weighted by molar-refractivity contribution is 9.10. The van der Waals surface area contributed by atoms with E-state index in [0.29, 0.717) is 12.8 Å². The lowest BCUT2D eigenvalue weighted by Gasteiger charge is -2.26. The second-order valence-electron chi connectivity index (χ2n) is 4.36. The summed E-state index contributed by atoms with van der Waals surface area (Å²) in [4.78, 5) is 1.01. The topological polar surface area (TPSA) is 54.4 Å². The summed E-state index contributed by atoms with van der Waals surface area (Å²) in [5.74, 6) is 0.223. The molecule has 1 aliphatic heterocycles. The van der Waals surface area contributed by atoms with Crippen molar-refractivity contribution in [3.05, 3.63) is 20.8 Å². The SMILES string of the molecule is O=S1(=O)CCCCC1C(O)Cc1sccc1Br. The van der Waals surface area contributed by atoms with Gasteiger partial charge in [-0.25, -0.2) is 8.42 Å². The molecule has 0 saturated carbocycles. The van der Waals surface area contributed by atoms with Gasteiger partial charge in [-0.1, -0.05) is 6.42 Å². The fraction of sp³-hybridized carbons (Fsp3) is 0.636. The minimum absolute atomic E-state index is 0.223. The van der Waals surface area contributed by atoms with Gasteiger partial charge in [0.05, 0.1) is 17.1 Å². The van der Waals surface area contributed by atoms with Crippen molar-refractivity contribution in [3.63, 3.8) is 0 Å². The molecule has 1 aromatic heterocycles. The van der Waals surface area contributed by atoms with Crippen LogP contribution in [-0.4, -0.2) is 30.6 Å². The minimum atomic E-state index is -3.10. The Morgan fingerprint density at radius 1 is 1.53 bits per heavy atom. The van der Waals surface area contributed by atoms with Crippen LogP contribution in [0.15, 0.2) is 15.9 Å². The molecule has 3 nitrogen and oxygen atoms in total. The fourth-order valence-electron chi connectivity index (χ4n) is 2.20. The lowest BCUT2D eigenvalue weighted by atomic mass is 10.1. The Bertz CT molecular complexity index is 481. The van der Waals surface area contributed by atoms with Crippen LogP contribution in [0.5, 0.6) is 0 Å². The summed E-state index contributed by atoms with van der Waals surface area (Å²) in [6, 6.07) is 1.92. The number of halogens is 1. The van der Waals surface area contributed by atoms with E-state index in [4.69, 9.17) is 0 Å². The molecule has 2 unspecified atom stereocenters. The fourth-order valence-corrected chi connectivity index (χ4v) is 5.78. The van der Waals surface area contributed by atoms with E-state index in [1.54, 1.807) is 11.3 Å². The maximum absolute atomic E-state index is 11.9. The highest BCUT2D eigenvalue weighted by Crippen LogP contribution is 2.28. The number of hydrogen-bond acceptors (Lipinski definition) is 4. The van der Waals surface area contributed by atoms with Gasteiger partial charge in [0.15, 0.2) is 9.84 Å². The lowest BCUT2D eigenvalue weighted by molar-refractivity contribution is 0.162. The van der Waals surface area contributed by atoms with Crippen LogP contribution in [0.3, 0.4) is 0 Å². The predicted octanol–water partition coefficient (Wildman–Crippen LogP) is 2.38. The summed E-state index contributed by atoms with van der Waals surface area (Å²) in [7, 11) is -3.10. The van der Waals surface area contributed by atoms with Gasteiger partial charge in [-0.3, -0.25) is 0 Å². The molecule has 96 valence electrons. The van der Waals surface area contributed by atoms with Crippen LogP contribution in [0.2, 0.25) is 0 Å². The average Bonchev–Trinajstić information content (AvgIpc) is 2.63. The molecule has 0 amide bonds. The van der Waals surface area contributed by atoms with Gasteiger partial charge in [0.2, 0.25) is 0 Å². The third-order valence-electron chi connectivity index (χ3n) is 3.14. The molecule has 1 saturated heterocycles. The molecule has 0 bridgehead atoms. The number of aliphatic hydroxyl groups is 1. The molecule has 0 aliphatic carbocycles. The zero-order valence-electron chi connectivity index (χ0n) is 9.30. The van der Waals surface area contributed by atoms with Crippen molar-refractivity contribution >= 4 is 37.1 Å². The number of thiophene rings is 1. The number of hydrogen-bond donors (Lipinski definition) is 1. The zero-order chi connectivity index (χ0) is 12.5. The molecular formula is C11H15BrO3S2. The summed E-state index contributed by atoms with van der Waals surface area (Å²) >= 11 is 4.94. The monoisotopic (exact) mass is 338 g/mol. The molecule has 1 fully saturated rings. The molecule has 0 radical (unpaired) electrons. The van der Waals surface area contributed by atoms with E-state index < -0.39 is 21.2 Å². The molecule has 6 heteroatoms. The first-order valence-electron chi connectivity index (χ1n) is 5.62. The van der Waals surface area contributed by atoms with Gasteiger partial charge >= 0.3 is 0 Å². The molecule has 0 spiro atoms. The predicted molar refractivity (Wildman–Crippen MR) is 73.2 cm³/mol. The van der Waals surface area contributed by atoms with E-state index in [1.807, 2.05) is 11.4 Å². The van der Waals surface area contributed by atoms with Crippen molar-refractivity contribution in [3.8, 4) is 0 Å². The first-order valence-corrected chi connectivity index (χ1v) is 9.01. The van der Waals surface area contributed by atoms with Crippen molar-refractivity contribution in [1.29, 1.82) is 0 Å². The maximum Gasteiger partial charge on any atom is 0.155 e. The van der Waals surface area contributed by atoms with Crippen molar-refractivity contribution in [2.75, 3.05) is 5.75 Å². The Labute approximate surface area is 114 Å². The first kappa shape index (κ1) is 13.5. The quantitative estimate of drug-likeness (QED) is 0.920. The number of rotatable bonds is 3. The summed E-state index contributed by atoms with van der Waals surface area (Å²) in [5.41, 5.74) is 0. The van der Waals surface area contributed by atoms with E-state index in [-0.39, 0.29) is 5.75 Å². The molecule has 2 heterocycles. The number of aliphatic hydroxyl groups excluding tert-OH is 1. The van der Waals surface area contributed by atoms with Crippen LogP contribution < -0.4 is 0 Å². The van der Waals surface area contributed by atoms with Crippen LogP contribution in [0.1, 0.15) is 24.1 Å². The lowest BCUT2D eigenvalue weighted by Crippen LogP contribution is -2.39. The van der Waals surface area contributed by atoms with Gasteiger partial charge in [-0.2, -0.15) is 0 Å². The van der Waals surface area contributed by atoms with Crippen LogP contribution in [-0.2, 0) is 16.3 Å². The molecule has 0 aromatic carbocycles. The van der Waals surface area contributed by atoms with Gasteiger partial charge in [0.1, 0.15) is 0 Å². The van der Waals surface area contributed by atoms with Crippen LogP contribution in [0, 0.1) is 0 Å². The van der Waals surface area contributed by atoms with Crippen LogP contribution >= 0.6 is 27.3 Å². The van der Waals surface area contributed by atoms with Gasteiger partial charge < -0.3 is 5.11 Å². The van der Waals surface area contributed by atoms with E-state index >= 15 is 0 Å². The van der Waals surface area contributed by atoms with Crippen molar-refractivity contribution in [2.24, 2.45) is 0 Å². The molecular weight excluding hydrogens is 324 g/mol. The average molecular weight is 339 g/mol. The Balaban J connectivity index is 2.09. The largest absolute Gasteiger partial charge is 0.391 e. The first-order chi connectivity index (χ1) is 8.00. The molecule has 2 rings (SSSR count). The molecule has 2 atom stereocenters. The Hall–Kier alpha value is 0.0900. The Morgan fingerprint density at radius 3 is 2.88 bits per heavy atom. The summed E-state index contributed by atoms with van der Waals surface area (Å²) in [5, 5.41) is 11.5. The van der Waals surface area contributed by atoms with Gasteiger partial charge in [0, 0.05) is 15.8 Å². The number of sulfone groups is 1. The summed E-state index contributed by atoms with van der Waals surface area (Å²) < 4.78 is 24.7. The van der Waals surface area contributed by atoms with Crippen LogP contribution in [0.4, 0.5) is 0 Å². The summed E-state index contributed by atoms with van der Waals surface area (Å²) in [6.45, 7) is 0. The molecule has 17 heavy (non-hydrogen) atoms. The second kappa shape index (κ2) is 5.38. The standard InChI is InChI=1S/C11H15BrO3S2/c12-8-4-5-16-10(8)7-9(13)11-3-1-2-6-17(11,14)15/h4-5,9,11,13H,1-3,6-7H2. The van der Waals surface area contributed by atoms with Crippen molar-refractivity contribution in [2.45, 2.75) is 37.0 Å². The third-order valence-corrected chi connectivity index (χ3v) is 7.42. The second-order valence-corrected chi connectivity index (χ2v) is 8.56. The van der Waals surface area contributed by atoms with Crippen molar-refractivity contribution < 1.29 is 13.5 Å². The molecule has 1 aliphatic rings. The smallest absolute Gasteiger partial charge is 0.155 e. The van der Waals surface area contributed by atoms with E-state index in [1.165, 1.54) is 0 Å². The minimum Gasteiger partial charge on any atom is -0.391 e. The highest BCUT2D eigenvalue weighted by atomic mass is 79.9.